The molecule has 0 spiro atoms. The molecule has 3 amide bonds. The van der Waals surface area contributed by atoms with E-state index in [0.717, 1.165) is 74.0 Å². The van der Waals surface area contributed by atoms with Crippen LogP contribution in [-0.4, -0.2) is 88.3 Å². The van der Waals surface area contributed by atoms with E-state index in [1.165, 1.54) is 0 Å². The van der Waals surface area contributed by atoms with Gasteiger partial charge in [-0.05, 0) is 56.6 Å². The normalized spacial score (nSPS) is 20.6. The van der Waals surface area contributed by atoms with Gasteiger partial charge in [0.2, 0.25) is 0 Å². The number of hydrogen-bond donors (Lipinski definition) is 1. The molecule has 9 heteroatoms. The van der Waals surface area contributed by atoms with Gasteiger partial charge in [-0.15, -0.1) is 0 Å². The van der Waals surface area contributed by atoms with Gasteiger partial charge in [-0.3, -0.25) is 9.69 Å². The van der Waals surface area contributed by atoms with Gasteiger partial charge in [0.1, 0.15) is 11.5 Å². The highest BCUT2D eigenvalue weighted by molar-refractivity contribution is 5.96. The fraction of sp³-hybridized carbons (Fsp3) is 0.481. The number of nitrogens with zero attached hydrogens (tertiary/aromatic N) is 4. The Labute approximate surface area is 212 Å². The van der Waals surface area contributed by atoms with Crippen LogP contribution in [0.25, 0.3) is 0 Å². The number of benzene rings is 2. The van der Waals surface area contributed by atoms with Gasteiger partial charge in [0, 0.05) is 69.3 Å². The third-order valence-corrected chi connectivity index (χ3v) is 7.31. The first-order valence-corrected chi connectivity index (χ1v) is 12.7. The SMILES string of the molecule is COc1cc2c(c(N3CCN(C)CC3)c1)OC(C(=O)Nc1ccc(N3CCCN(C)C3=O)cc1)CC2. The second-order valence-electron chi connectivity index (χ2n) is 9.82. The maximum Gasteiger partial charge on any atom is 0.324 e. The Morgan fingerprint density at radius 3 is 2.50 bits per heavy atom. The van der Waals surface area contributed by atoms with Crippen molar-refractivity contribution in [1.29, 1.82) is 0 Å². The van der Waals surface area contributed by atoms with Gasteiger partial charge in [-0.25, -0.2) is 4.79 Å². The summed E-state index contributed by atoms with van der Waals surface area (Å²) in [5, 5.41) is 3.00. The summed E-state index contributed by atoms with van der Waals surface area (Å²) >= 11 is 0. The number of fused-ring (bicyclic) bond motifs is 1. The quantitative estimate of drug-likeness (QED) is 0.690. The van der Waals surface area contributed by atoms with Crippen LogP contribution < -0.4 is 24.6 Å². The number of ether oxygens (including phenoxy) is 2. The minimum Gasteiger partial charge on any atom is -0.497 e. The Morgan fingerprint density at radius 2 is 1.78 bits per heavy atom. The smallest absolute Gasteiger partial charge is 0.324 e. The first-order valence-electron chi connectivity index (χ1n) is 12.7. The van der Waals surface area contributed by atoms with E-state index in [4.69, 9.17) is 9.47 Å². The summed E-state index contributed by atoms with van der Waals surface area (Å²) in [5.41, 5.74) is 3.59. The average Bonchev–Trinajstić information content (AvgIpc) is 2.90. The van der Waals surface area contributed by atoms with Gasteiger partial charge >= 0.3 is 6.03 Å². The van der Waals surface area contributed by atoms with Crippen LogP contribution in [0.1, 0.15) is 18.4 Å². The van der Waals surface area contributed by atoms with Crippen molar-refractivity contribution < 1.29 is 19.1 Å². The molecular weight excluding hydrogens is 458 g/mol. The highest BCUT2D eigenvalue weighted by Crippen LogP contribution is 2.41. The van der Waals surface area contributed by atoms with Crippen LogP contribution in [0.4, 0.5) is 21.9 Å². The Morgan fingerprint density at radius 1 is 1.03 bits per heavy atom. The number of urea groups is 1. The Bertz CT molecular complexity index is 1110. The monoisotopic (exact) mass is 493 g/mol. The summed E-state index contributed by atoms with van der Waals surface area (Å²) in [7, 11) is 5.63. The highest BCUT2D eigenvalue weighted by atomic mass is 16.5. The van der Waals surface area contributed by atoms with E-state index in [0.29, 0.717) is 18.7 Å². The van der Waals surface area contributed by atoms with Crippen molar-refractivity contribution in [2.75, 3.05) is 75.6 Å². The molecule has 3 aliphatic rings. The Balaban J connectivity index is 1.28. The second kappa shape index (κ2) is 10.3. The standard InChI is InChI=1S/C27H35N5O4/c1-29-13-15-31(16-14-29)23-18-22(35-3)17-19-5-10-24(36-25(19)23)26(33)28-20-6-8-21(9-7-20)32-12-4-11-30(2)27(32)34/h6-9,17-18,24H,4-5,10-16H2,1-3H3,(H,28,33). The molecule has 2 saturated heterocycles. The number of piperazine rings is 1. The maximum atomic E-state index is 13.2. The van der Waals surface area contributed by atoms with Gasteiger partial charge in [0.25, 0.3) is 5.91 Å². The number of methoxy groups -OCH3 is 1. The summed E-state index contributed by atoms with van der Waals surface area (Å²) in [5.74, 6) is 1.44. The van der Waals surface area contributed by atoms with E-state index in [-0.39, 0.29) is 11.9 Å². The van der Waals surface area contributed by atoms with Crippen molar-refractivity contribution in [3.05, 3.63) is 42.0 Å². The molecule has 9 nitrogen and oxygen atoms in total. The summed E-state index contributed by atoms with van der Waals surface area (Å²) in [6.45, 7) is 5.23. The van der Waals surface area contributed by atoms with Crippen LogP contribution >= 0.6 is 0 Å². The van der Waals surface area contributed by atoms with Gasteiger partial charge in [-0.1, -0.05) is 0 Å². The molecule has 3 aliphatic heterocycles. The van der Waals surface area contributed by atoms with E-state index in [1.807, 2.05) is 43.4 Å². The summed E-state index contributed by atoms with van der Waals surface area (Å²) in [6, 6.07) is 11.5. The Hall–Kier alpha value is -3.46. The van der Waals surface area contributed by atoms with Crippen molar-refractivity contribution in [2.45, 2.75) is 25.4 Å². The number of nitrogens with one attached hydrogen (secondary N) is 1. The molecule has 0 bridgehead atoms. The molecule has 1 atom stereocenters. The van der Waals surface area contributed by atoms with E-state index in [1.54, 1.807) is 16.9 Å². The van der Waals surface area contributed by atoms with Crippen LogP contribution in [-0.2, 0) is 11.2 Å². The van der Waals surface area contributed by atoms with E-state index < -0.39 is 6.10 Å². The lowest BCUT2D eigenvalue weighted by atomic mass is 9.99. The molecule has 0 saturated carbocycles. The molecule has 2 aromatic rings. The van der Waals surface area contributed by atoms with Crippen molar-refractivity contribution in [3.63, 3.8) is 0 Å². The lowest BCUT2D eigenvalue weighted by molar-refractivity contribution is -0.123. The molecule has 1 N–H and O–H groups in total. The molecule has 0 radical (unpaired) electrons. The predicted octanol–water partition coefficient (Wildman–Crippen LogP) is 3.04. The zero-order valence-corrected chi connectivity index (χ0v) is 21.3. The maximum absolute atomic E-state index is 13.2. The summed E-state index contributed by atoms with van der Waals surface area (Å²) < 4.78 is 11.9. The number of likely N-dealkylation sites (N-methyl/N-ethyl adjacent to an activating group) is 1. The molecule has 2 fully saturated rings. The number of carbonyl (C=O) groups excluding carboxylic acids is 2. The first-order chi connectivity index (χ1) is 17.4. The van der Waals surface area contributed by atoms with Crippen molar-refractivity contribution in [3.8, 4) is 11.5 Å². The molecule has 3 heterocycles. The zero-order chi connectivity index (χ0) is 25.2. The predicted molar refractivity (Wildman–Crippen MR) is 141 cm³/mol. The molecule has 0 aromatic heterocycles. The lowest BCUT2D eigenvalue weighted by Crippen LogP contribution is -2.47. The number of carbonyl (C=O) groups is 2. The van der Waals surface area contributed by atoms with Gasteiger partial charge in [0.05, 0.1) is 12.8 Å². The molecule has 36 heavy (non-hydrogen) atoms. The number of anilines is 3. The third-order valence-electron chi connectivity index (χ3n) is 7.31. The molecular formula is C27H35N5O4. The van der Waals surface area contributed by atoms with E-state index in [9.17, 15) is 9.59 Å². The zero-order valence-electron chi connectivity index (χ0n) is 21.3. The molecule has 5 rings (SSSR count). The van der Waals surface area contributed by atoms with Crippen molar-refractivity contribution in [1.82, 2.24) is 9.80 Å². The molecule has 1 unspecified atom stereocenters. The lowest BCUT2D eigenvalue weighted by Gasteiger charge is -2.37. The fourth-order valence-electron chi connectivity index (χ4n) is 5.09. The van der Waals surface area contributed by atoms with Gasteiger partial charge < -0.3 is 29.5 Å². The van der Waals surface area contributed by atoms with Gasteiger partial charge in [-0.2, -0.15) is 0 Å². The summed E-state index contributed by atoms with van der Waals surface area (Å²) in [4.78, 5) is 33.7. The molecule has 192 valence electrons. The number of rotatable bonds is 5. The van der Waals surface area contributed by atoms with Crippen LogP contribution in [0.15, 0.2) is 36.4 Å². The highest BCUT2D eigenvalue weighted by Gasteiger charge is 2.31. The fourth-order valence-corrected chi connectivity index (χ4v) is 5.09. The minimum absolute atomic E-state index is 0.0000848. The third kappa shape index (κ3) is 4.93. The topological polar surface area (TPSA) is 77.6 Å². The van der Waals surface area contributed by atoms with E-state index in [2.05, 4.69) is 22.2 Å². The van der Waals surface area contributed by atoms with Crippen LogP contribution in [0.2, 0.25) is 0 Å². The van der Waals surface area contributed by atoms with Crippen LogP contribution in [0, 0.1) is 0 Å². The number of hydrogen-bond acceptors (Lipinski definition) is 6. The number of amides is 3. The van der Waals surface area contributed by atoms with E-state index >= 15 is 0 Å². The summed E-state index contributed by atoms with van der Waals surface area (Å²) in [6.07, 6.45) is 1.70. The van der Waals surface area contributed by atoms with Crippen LogP contribution in [0.5, 0.6) is 11.5 Å². The Kier molecular flexibility index (Phi) is 6.91. The minimum atomic E-state index is -0.575. The largest absolute Gasteiger partial charge is 0.497 e. The second-order valence-corrected chi connectivity index (χ2v) is 9.82. The number of aryl methyl sites for hydroxylation is 1. The average molecular weight is 494 g/mol. The first kappa shape index (κ1) is 24.2. The molecule has 2 aromatic carbocycles. The van der Waals surface area contributed by atoms with Crippen molar-refractivity contribution >= 4 is 29.0 Å². The van der Waals surface area contributed by atoms with Gasteiger partial charge in [0.15, 0.2) is 6.10 Å². The molecule has 0 aliphatic carbocycles. The van der Waals surface area contributed by atoms with Crippen LogP contribution in [0.3, 0.4) is 0 Å². The van der Waals surface area contributed by atoms with Crippen molar-refractivity contribution in [2.24, 2.45) is 0 Å².